The molecule has 1 amide bonds. The van der Waals surface area contributed by atoms with E-state index in [9.17, 15) is 9.59 Å². The molecule has 0 saturated carbocycles. The molecule has 0 fully saturated rings. The summed E-state index contributed by atoms with van der Waals surface area (Å²) in [7, 11) is 0. The van der Waals surface area contributed by atoms with Crippen LogP contribution in [0, 0.1) is 6.92 Å². The molecule has 0 bridgehead atoms. The highest BCUT2D eigenvalue weighted by Crippen LogP contribution is 2.17. The number of carbonyl (C=O) groups is 2. The van der Waals surface area contributed by atoms with E-state index in [0.29, 0.717) is 23.7 Å². The Morgan fingerprint density at radius 3 is 2.38 bits per heavy atom. The number of hydrogen-bond donors (Lipinski definition) is 1. The van der Waals surface area contributed by atoms with E-state index in [0.717, 1.165) is 5.56 Å². The molecule has 0 aliphatic carbocycles. The molecule has 0 aliphatic heterocycles. The van der Waals surface area contributed by atoms with Gasteiger partial charge in [-0.3, -0.25) is 9.78 Å². The van der Waals surface area contributed by atoms with Crippen LogP contribution in [-0.4, -0.2) is 27.9 Å². The van der Waals surface area contributed by atoms with Gasteiger partial charge in [0.2, 0.25) is 0 Å². The second-order valence-corrected chi connectivity index (χ2v) is 6.38. The zero-order valence-corrected chi connectivity index (χ0v) is 16.2. The van der Waals surface area contributed by atoms with Crippen LogP contribution in [0.4, 0.5) is 5.69 Å². The Kier molecular flexibility index (Phi) is 6.52. The molecule has 1 atom stereocenters. The van der Waals surface area contributed by atoms with Gasteiger partial charge in [-0.05, 0) is 43.7 Å². The summed E-state index contributed by atoms with van der Waals surface area (Å²) in [6.07, 6.45) is 1.79. The summed E-state index contributed by atoms with van der Waals surface area (Å²) >= 11 is 0. The van der Waals surface area contributed by atoms with E-state index in [4.69, 9.17) is 9.47 Å². The SMILES string of the molecule is Cc1cnc(C(=O)O[C@@H](C)C(=O)Nc2ccc(OCc3ccccc3)cc2)cn1. The summed E-state index contributed by atoms with van der Waals surface area (Å²) < 4.78 is 10.9. The van der Waals surface area contributed by atoms with E-state index in [1.54, 1.807) is 31.2 Å². The first-order chi connectivity index (χ1) is 14.0. The molecule has 1 N–H and O–H groups in total. The molecule has 148 valence electrons. The summed E-state index contributed by atoms with van der Waals surface area (Å²) in [5.74, 6) is -0.467. The molecule has 0 aliphatic rings. The highest BCUT2D eigenvalue weighted by molar-refractivity contribution is 5.96. The van der Waals surface area contributed by atoms with E-state index >= 15 is 0 Å². The number of anilines is 1. The number of rotatable bonds is 7. The van der Waals surface area contributed by atoms with Crippen molar-refractivity contribution in [1.82, 2.24) is 9.97 Å². The Labute approximate surface area is 168 Å². The second kappa shape index (κ2) is 9.45. The summed E-state index contributed by atoms with van der Waals surface area (Å²) in [6, 6.07) is 16.8. The lowest BCUT2D eigenvalue weighted by molar-refractivity contribution is -0.123. The molecular weight excluding hydrogens is 370 g/mol. The monoisotopic (exact) mass is 391 g/mol. The van der Waals surface area contributed by atoms with Crippen LogP contribution in [0.1, 0.15) is 28.7 Å². The first-order valence-corrected chi connectivity index (χ1v) is 9.08. The van der Waals surface area contributed by atoms with Crippen LogP contribution in [0.15, 0.2) is 67.0 Å². The lowest BCUT2D eigenvalue weighted by Gasteiger charge is -2.13. The molecular formula is C22H21N3O4. The van der Waals surface area contributed by atoms with Gasteiger partial charge in [-0.25, -0.2) is 9.78 Å². The Bertz CT molecular complexity index is 958. The van der Waals surface area contributed by atoms with Gasteiger partial charge in [-0.15, -0.1) is 0 Å². The van der Waals surface area contributed by atoms with E-state index in [1.807, 2.05) is 30.3 Å². The second-order valence-electron chi connectivity index (χ2n) is 6.38. The van der Waals surface area contributed by atoms with E-state index in [2.05, 4.69) is 15.3 Å². The van der Waals surface area contributed by atoms with Crippen LogP contribution in [0.25, 0.3) is 0 Å². The van der Waals surface area contributed by atoms with Crippen molar-refractivity contribution in [2.24, 2.45) is 0 Å². The van der Waals surface area contributed by atoms with Crippen molar-refractivity contribution in [2.45, 2.75) is 26.6 Å². The number of hydrogen-bond acceptors (Lipinski definition) is 6. The van der Waals surface area contributed by atoms with Gasteiger partial charge < -0.3 is 14.8 Å². The smallest absolute Gasteiger partial charge is 0.359 e. The summed E-state index contributed by atoms with van der Waals surface area (Å²) in [5, 5.41) is 2.70. The number of ether oxygens (including phenoxy) is 2. The molecule has 29 heavy (non-hydrogen) atoms. The minimum absolute atomic E-state index is 0.0511. The number of aryl methyl sites for hydroxylation is 1. The van der Waals surface area contributed by atoms with Crippen molar-refractivity contribution >= 4 is 17.6 Å². The van der Waals surface area contributed by atoms with Crippen molar-refractivity contribution in [3.05, 3.63) is 83.9 Å². The fourth-order valence-electron chi connectivity index (χ4n) is 2.39. The van der Waals surface area contributed by atoms with E-state index < -0.39 is 18.0 Å². The molecule has 2 aromatic carbocycles. The van der Waals surface area contributed by atoms with Gasteiger partial charge >= 0.3 is 5.97 Å². The number of nitrogens with one attached hydrogen (secondary N) is 1. The largest absolute Gasteiger partial charge is 0.489 e. The van der Waals surface area contributed by atoms with Crippen molar-refractivity contribution < 1.29 is 19.1 Å². The van der Waals surface area contributed by atoms with Gasteiger partial charge in [-0.1, -0.05) is 30.3 Å². The number of benzene rings is 2. The first-order valence-electron chi connectivity index (χ1n) is 9.08. The molecule has 1 heterocycles. The fraction of sp³-hybridized carbons (Fsp3) is 0.182. The standard InChI is InChI=1S/C22H21N3O4/c1-15-12-24-20(13-23-15)22(27)29-16(2)21(26)25-18-8-10-19(11-9-18)28-14-17-6-4-3-5-7-17/h3-13,16H,14H2,1-2H3,(H,25,26)/t16-/m0/s1. The number of amides is 1. The third kappa shape index (κ3) is 5.87. The van der Waals surface area contributed by atoms with Crippen molar-refractivity contribution in [2.75, 3.05) is 5.32 Å². The van der Waals surface area contributed by atoms with Crippen molar-refractivity contribution in [3.63, 3.8) is 0 Å². The van der Waals surface area contributed by atoms with Gasteiger partial charge in [0, 0.05) is 11.9 Å². The molecule has 7 heteroatoms. The highest BCUT2D eigenvalue weighted by atomic mass is 16.5. The van der Waals surface area contributed by atoms with Crippen molar-refractivity contribution in [3.8, 4) is 5.75 Å². The molecule has 7 nitrogen and oxygen atoms in total. The maximum Gasteiger partial charge on any atom is 0.359 e. The maximum atomic E-state index is 12.3. The van der Waals surface area contributed by atoms with Crippen LogP contribution >= 0.6 is 0 Å². The predicted octanol–water partition coefficient (Wildman–Crippen LogP) is 3.55. The average molecular weight is 391 g/mol. The third-order valence-electron chi connectivity index (χ3n) is 4.01. The zero-order chi connectivity index (χ0) is 20.6. The van der Waals surface area contributed by atoms with E-state index in [-0.39, 0.29) is 5.69 Å². The van der Waals surface area contributed by atoms with Gasteiger partial charge in [0.1, 0.15) is 12.4 Å². The quantitative estimate of drug-likeness (QED) is 0.620. The van der Waals surface area contributed by atoms with Gasteiger partial charge in [-0.2, -0.15) is 0 Å². The Hall–Kier alpha value is -3.74. The molecule has 3 rings (SSSR count). The minimum atomic E-state index is -0.986. The lowest BCUT2D eigenvalue weighted by atomic mass is 10.2. The Morgan fingerprint density at radius 1 is 1.00 bits per heavy atom. The van der Waals surface area contributed by atoms with Crippen LogP contribution in [0.3, 0.4) is 0 Å². The predicted molar refractivity (Wildman–Crippen MR) is 107 cm³/mol. The van der Waals surface area contributed by atoms with E-state index in [1.165, 1.54) is 19.3 Å². The van der Waals surface area contributed by atoms with Crippen LogP contribution < -0.4 is 10.1 Å². The maximum absolute atomic E-state index is 12.3. The topological polar surface area (TPSA) is 90.4 Å². The number of esters is 1. The summed E-state index contributed by atoms with van der Waals surface area (Å²) in [4.78, 5) is 32.2. The fourth-order valence-corrected chi connectivity index (χ4v) is 2.39. The highest BCUT2D eigenvalue weighted by Gasteiger charge is 2.20. The number of carbonyl (C=O) groups excluding carboxylic acids is 2. The Balaban J connectivity index is 1.50. The molecule has 0 spiro atoms. The Morgan fingerprint density at radius 2 is 1.72 bits per heavy atom. The zero-order valence-electron chi connectivity index (χ0n) is 16.2. The van der Waals surface area contributed by atoms with Gasteiger partial charge in [0.15, 0.2) is 11.8 Å². The number of nitrogens with zero attached hydrogens (tertiary/aromatic N) is 2. The minimum Gasteiger partial charge on any atom is -0.489 e. The molecule has 1 aromatic heterocycles. The molecule has 0 radical (unpaired) electrons. The average Bonchev–Trinajstić information content (AvgIpc) is 2.74. The van der Waals surface area contributed by atoms with Gasteiger partial charge in [0.25, 0.3) is 5.91 Å². The summed E-state index contributed by atoms with van der Waals surface area (Å²) in [6.45, 7) is 3.71. The van der Waals surface area contributed by atoms with Crippen molar-refractivity contribution in [1.29, 1.82) is 0 Å². The normalized spacial score (nSPS) is 11.4. The number of aromatic nitrogens is 2. The first kappa shape index (κ1) is 20.0. The summed E-state index contributed by atoms with van der Waals surface area (Å²) in [5.41, 5.74) is 2.37. The van der Waals surface area contributed by atoms with Crippen LogP contribution in [0.5, 0.6) is 5.75 Å². The molecule has 0 saturated heterocycles. The molecule has 0 unspecified atom stereocenters. The van der Waals surface area contributed by atoms with Crippen LogP contribution in [0.2, 0.25) is 0 Å². The molecule has 3 aromatic rings. The lowest BCUT2D eigenvalue weighted by Crippen LogP contribution is -2.30. The van der Waals surface area contributed by atoms with Gasteiger partial charge in [0.05, 0.1) is 11.9 Å². The third-order valence-corrected chi connectivity index (χ3v) is 4.01. The van der Waals surface area contributed by atoms with Crippen LogP contribution in [-0.2, 0) is 16.1 Å².